The fourth-order valence-electron chi connectivity index (χ4n) is 3.03. The first-order chi connectivity index (χ1) is 15.1. The molecule has 1 aromatic heterocycles. The number of amides is 1. The number of hydrogen-bond acceptors (Lipinski definition) is 6. The first-order valence-electron chi connectivity index (χ1n) is 10.0. The molecule has 1 heterocycles. The molecule has 3 aromatic rings. The van der Waals surface area contributed by atoms with Crippen LogP contribution in [0.5, 0.6) is 5.75 Å². The van der Waals surface area contributed by atoms with Gasteiger partial charge in [-0.05, 0) is 48.7 Å². The Morgan fingerprint density at radius 3 is 2.61 bits per heavy atom. The van der Waals surface area contributed by atoms with Crippen LogP contribution >= 0.6 is 0 Å². The third-order valence-electron chi connectivity index (χ3n) is 4.90. The molecule has 1 fully saturated rings. The number of carbonyl (C=O) groups excluding carboxylic acids is 1. The van der Waals surface area contributed by atoms with E-state index in [1.807, 2.05) is 36.4 Å². The lowest BCUT2D eigenvalue weighted by molar-refractivity contribution is -0.384. The minimum absolute atomic E-state index is 0.0883. The van der Waals surface area contributed by atoms with Gasteiger partial charge in [-0.25, -0.2) is 0 Å². The van der Waals surface area contributed by atoms with Crippen molar-refractivity contribution in [2.45, 2.75) is 32.0 Å². The third-order valence-corrected chi connectivity index (χ3v) is 4.90. The van der Waals surface area contributed by atoms with Gasteiger partial charge in [0.1, 0.15) is 18.0 Å². The fourth-order valence-corrected chi connectivity index (χ4v) is 3.03. The Balaban J connectivity index is 1.32. The minimum atomic E-state index is -0.467. The Hall–Kier alpha value is -3.94. The molecule has 0 bridgehead atoms. The molecule has 4 rings (SSSR count). The SMILES string of the molecule is O=C(NCc1ccc(OCc2cccnc2)cc1)c1ccc(NC2CC2)c([N+](=O)[O-])c1. The molecule has 0 aliphatic heterocycles. The summed E-state index contributed by atoms with van der Waals surface area (Å²) in [6, 6.07) is 16.0. The number of aromatic nitrogens is 1. The number of rotatable bonds is 9. The summed E-state index contributed by atoms with van der Waals surface area (Å²) >= 11 is 0. The first-order valence-corrected chi connectivity index (χ1v) is 10.0. The number of benzene rings is 2. The molecule has 1 saturated carbocycles. The van der Waals surface area contributed by atoms with E-state index in [0.29, 0.717) is 24.6 Å². The van der Waals surface area contributed by atoms with Crippen molar-refractivity contribution in [2.24, 2.45) is 0 Å². The van der Waals surface area contributed by atoms with Gasteiger partial charge >= 0.3 is 0 Å². The molecule has 8 nitrogen and oxygen atoms in total. The van der Waals surface area contributed by atoms with Gasteiger partial charge in [-0.3, -0.25) is 19.9 Å². The highest BCUT2D eigenvalue weighted by molar-refractivity contribution is 5.95. The van der Waals surface area contributed by atoms with Gasteiger partial charge in [-0.1, -0.05) is 18.2 Å². The minimum Gasteiger partial charge on any atom is -0.489 e. The summed E-state index contributed by atoms with van der Waals surface area (Å²) in [5.41, 5.74) is 2.49. The van der Waals surface area contributed by atoms with Gasteiger partial charge in [-0.2, -0.15) is 0 Å². The number of carbonyl (C=O) groups is 1. The average molecular weight is 418 g/mol. The molecule has 158 valence electrons. The molecule has 31 heavy (non-hydrogen) atoms. The number of nitrogens with zero attached hydrogens (tertiary/aromatic N) is 2. The van der Waals surface area contributed by atoms with Crippen LogP contribution in [-0.2, 0) is 13.2 Å². The molecule has 1 amide bonds. The van der Waals surface area contributed by atoms with Crippen molar-refractivity contribution in [1.82, 2.24) is 10.3 Å². The zero-order chi connectivity index (χ0) is 21.6. The highest BCUT2D eigenvalue weighted by Gasteiger charge is 2.25. The van der Waals surface area contributed by atoms with Gasteiger partial charge in [0, 0.05) is 42.2 Å². The monoisotopic (exact) mass is 418 g/mol. The molecule has 0 radical (unpaired) electrons. The van der Waals surface area contributed by atoms with Crippen LogP contribution in [0.4, 0.5) is 11.4 Å². The van der Waals surface area contributed by atoms with E-state index in [0.717, 1.165) is 24.0 Å². The molecule has 0 unspecified atom stereocenters. The zero-order valence-electron chi connectivity index (χ0n) is 16.8. The van der Waals surface area contributed by atoms with Crippen LogP contribution in [0.1, 0.15) is 34.3 Å². The smallest absolute Gasteiger partial charge is 0.293 e. The number of nitro benzene ring substituents is 1. The number of nitro groups is 1. The van der Waals surface area contributed by atoms with E-state index >= 15 is 0 Å². The Bertz CT molecular complexity index is 1070. The summed E-state index contributed by atoms with van der Waals surface area (Å²) in [7, 11) is 0. The van der Waals surface area contributed by atoms with Gasteiger partial charge in [0.25, 0.3) is 11.6 Å². The number of anilines is 1. The Kier molecular flexibility index (Phi) is 6.07. The maximum atomic E-state index is 12.5. The predicted octanol–water partition coefficient (Wildman–Crippen LogP) is 4.07. The second-order valence-electron chi connectivity index (χ2n) is 7.38. The number of nitrogens with one attached hydrogen (secondary N) is 2. The predicted molar refractivity (Wildman–Crippen MR) is 116 cm³/mol. The highest BCUT2D eigenvalue weighted by Crippen LogP contribution is 2.31. The van der Waals surface area contributed by atoms with Crippen LogP contribution < -0.4 is 15.4 Å². The van der Waals surface area contributed by atoms with E-state index in [-0.39, 0.29) is 23.2 Å². The molecule has 8 heteroatoms. The molecule has 0 atom stereocenters. The van der Waals surface area contributed by atoms with E-state index in [4.69, 9.17) is 4.74 Å². The van der Waals surface area contributed by atoms with Crippen molar-refractivity contribution in [2.75, 3.05) is 5.32 Å². The number of ether oxygens (including phenoxy) is 1. The average Bonchev–Trinajstić information content (AvgIpc) is 3.61. The van der Waals surface area contributed by atoms with Crippen LogP contribution in [0.15, 0.2) is 67.0 Å². The van der Waals surface area contributed by atoms with E-state index in [9.17, 15) is 14.9 Å². The number of pyridine rings is 1. The lowest BCUT2D eigenvalue weighted by Crippen LogP contribution is -2.23. The summed E-state index contributed by atoms with van der Waals surface area (Å²) in [6.07, 6.45) is 5.48. The maximum Gasteiger partial charge on any atom is 0.293 e. The summed E-state index contributed by atoms with van der Waals surface area (Å²) in [5, 5.41) is 17.3. The Morgan fingerprint density at radius 2 is 1.94 bits per heavy atom. The van der Waals surface area contributed by atoms with Crippen LogP contribution in [0, 0.1) is 10.1 Å². The topological polar surface area (TPSA) is 106 Å². The molecule has 0 saturated heterocycles. The van der Waals surface area contributed by atoms with Gasteiger partial charge in [0.2, 0.25) is 0 Å². The van der Waals surface area contributed by atoms with Crippen molar-refractivity contribution >= 4 is 17.3 Å². The normalized spacial score (nSPS) is 12.8. The van der Waals surface area contributed by atoms with Crippen LogP contribution in [-0.4, -0.2) is 21.9 Å². The van der Waals surface area contributed by atoms with Gasteiger partial charge in [-0.15, -0.1) is 0 Å². The molecule has 1 aliphatic carbocycles. The van der Waals surface area contributed by atoms with Gasteiger partial charge in [0.15, 0.2) is 0 Å². The van der Waals surface area contributed by atoms with Crippen molar-refractivity contribution in [3.8, 4) is 5.75 Å². The van der Waals surface area contributed by atoms with Crippen LogP contribution in [0.2, 0.25) is 0 Å². The standard InChI is InChI=1S/C23H22N4O4/c28-23(18-5-10-21(26-19-6-7-19)22(12-18)27(29)30)25-14-16-3-8-20(9-4-16)31-15-17-2-1-11-24-13-17/h1-5,8-13,19,26H,6-7,14-15H2,(H,25,28). The lowest BCUT2D eigenvalue weighted by atomic mass is 10.1. The van der Waals surface area contributed by atoms with Gasteiger partial charge < -0.3 is 15.4 Å². The summed E-state index contributed by atoms with van der Waals surface area (Å²) < 4.78 is 5.72. The van der Waals surface area contributed by atoms with Gasteiger partial charge in [0.05, 0.1) is 4.92 Å². The summed E-state index contributed by atoms with van der Waals surface area (Å²) in [5.74, 6) is 0.353. The first kappa shape index (κ1) is 20.3. The lowest BCUT2D eigenvalue weighted by Gasteiger charge is -2.10. The van der Waals surface area contributed by atoms with Crippen molar-refractivity contribution in [3.63, 3.8) is 0 Å². The van der Waals surface area contributed by atoms with Crippen molar-refractivity contribution in [1.29, 1.82) is 0 Å². The highest BCUT2D eigenvalue weighted by atomic mass is 16.6. The van der Waals surface area contributed by atoms with E-state index in [2.05, 4.69) is 15.6 Å². The number of hydrogen-bond donors (Lipinski definition) is 2. The van der Waals surface area contributed by atoms with E-state index < -0.39 is 4.92 Å². The zero-order valence-corrected chi connectivity index (χ0v) is 16.8. The third kappa shape index (κ3) is 5.57. The summed E-state index contributed by atoms with van der Waals surface area (Å²) in [6.45, 7) is 0.728. The fraction of sp³-hybridized carbons (Fsp3) is 0.217. The van der Waals surface area contributed by atoms with Crippen molar-refractivity contribution < 1.29 is 14.5 Å². The second-order valence-corrected chi connectivity index (χ2v) is 7.38. The molecule has 0 spiro atoms. The molecule has 2 N–H and O–H groups in total. The van der Waals surface area contributed by atoms with E-state index in [1.54, 1.807) is 24.5 Å². The quantitative estimate of drug-likeness (QED) is 0.401. The van der Waals surface area contributed by atoms with Crippen molar-refractivity contribution in [3.05, 3.63) is 93.8 Å². The molecule has 2 aromatic carbocycles. The Morgan fingerprint density at radius 1 is 1.13 bits per heavy atom. The van der Waals surface area contributed by atoms with Crippen LogP contribution in [0.3, 0.4) is 0 Å². The molecular weight excluding hydrogens is 396 g/mol. The molecule has 1 aliphatic rings. The summed E-state index contributed by atoms with van der Waals surface area (Å²) in [4.78, 5) is 27.4. The maximum absolute atomic E-state index is 12.5. The van der Waals surface area contributed by atoms with Crippen LogP contribution in [0.25, 0.3) is 0 Å². The van der Waals surface area contributed by atoms with E-state index in [1.165, 1.54) is 6.07 Å². The largest absolute Gasteiger partial charge is 0.489 e. The Labute approximate surface area is 179 Å². The second kappa shape index (κ2) is 9.25. The molecular formula is C23H22N4O4.